The first-order chi connectivity index (χ1) is 15.6. The quantitative estimate of drug-likeness (QED) is 0.534. The van der Waals surface area contributed by atoms with Crippen LogP contribution in [0, 0.1) is 5.41 Å². The van der Waals surface area contributed by atoms with E-state index in [1.807, 2.05) is 30.3 Å². The molecule has 0 aliphatic carbocycles. The van der Waals surface area contributed by atoms with Gasteiger partial charge in [-0.25, -0.2) is 13.6 Å². The lowest BCUT2D eigenvalue weighted by Crippen LogP contribution is -2.64. The Kier molecular flexibility index (Phi) is 6.98. The number of halogens is 5. The Bertz CT molecular complexity index is 814. The van der Waals surface area contributed by atoms with Crippen molar-refractivity contribution in [2.24, 2.45) is 5.41 Å². The maximum atomic E-state index is 15.2. The van der Waals surface area contributed by atoms with Crippen LogP contribution in [0.1, 0.15) is 31.2 Å². The van der Waals surface area contributed by atoms with Crippen molar-refractivity contribution in [1.29, 1.82) is 0 Å². The van der Waals surface area contributed by atoms with Gasteiger partial charge in [0.15, 0.2) is 0 Å². The van der Waals surface area contributed by atoms with Crippen LogP contribution in [0.25, 0.3) is 0 Å². The molecule has 0 amide bonds. The molecule has 3 heterocycles. The van der Waals surface area contributed by atoms with Crippen molar-refractivity contribution in [1.82, 2.24) is 15.1 Å². The SMILES string of the molecule is O=C(OC1CN(C2CCN(Cc3ccccc3)CC2(F)F)CCC12CCNCC2)C(F)(F)F. The maximum Gasteiger partial charge on any atom is 0.490 e. The molecule has 2 atom stereocenters. The molecular formula is C23H30F5N3O2. The lowest BCUT2D eigenvalue weighted by Gasteiger charge is -2.52. The fourth-order valence-corrected chi connectivity index (χ4v) is 5.59. The van der Waals surface area contributed by atoms with E-state index >= 15 is 8.78 Å². The van der Waals surface area contributed by atoms with Crippen LogP contribution in [0.4, 0.5) is 22.0 Å². The van der Waals surface area contributed by atoms with Gasteiger partial charge in [0.1, 0.15) is 6.10 Å². The molecule has 1 aromatic carbocycles. The molecule has 1 aromatic rings. The number of likely N-dealkylation sites (tertiary alicyclic amines) is 2. The summed E-state index contributed by atoms with van der Waals surface area (Å²) >= 11 is 0. The second-order valence-corrected chi connectivity index (χ2v) is 9.51. The lowest BCUT2D eigenvalue weighted by molar-refractivity contribution is -0.220. The molecule has 3 saturated heterocycles. The van der Waals surface area contributed by atoms with E-state index in [2.05, 4.69) is 5.32 Å². The molecule has 3 aliphatic heterocycles. The second kappa shape index (κ2) is 9.46. The highest BCUT2D eigenvalue weighted by Crippen LogP contribution is 2.44. The molecule has 0 bridgehead atoms. The van der Waals surface area contributed by atoms with Crippen LogP contribution >= 0.6 is 0 Å². The number of esters is 1. The zero-order chi connectivity index (χ0) is 23.7. The fourth-order valence-electron chi connectivity index (χ4n) is 5.59. The number of rotatable bonds is 4. The maximum absolute atomic E-state index is 15.2. The highest BCUT2D eigenvalue weighted by molar-refractivity contribution is 5.75. The Morgan fingerprint density at radius 1 is 1.09 bits per heavy atom. The van der Waals surface area contributed by atoms with E-state index in [4.69, 9.17) is 4.74 Å². The van der Waals surface area contributed by atoms with Gasteiger partial charge in [-0.1, -0.05) is 30.3 Å². The van der Waals surface area contributed by atoms with E-state index < -0.39 is 42.2 Å². The number of nitrogens with zero attached hydrogens (tertiary/aromatic N) is 2. The zero-order valence-corrected chi connectivity index (χ0v) is 18.4. The number of piperidine rings is 3. The third kappa shape index (κ3) is 5.49. The largest absolute Gasteiger partial charge is 0.490 e. The van der Waals surface area contributed by atoms with Crippen LogP contribution in [0.2, 0.25) is 0 Å². The number of hydrogen-bond donors (Lipinski definition) is 1. The van der Waals surface area contributed by atoms with Crippen molar-refractivity contribution in [2.75, 3.05) is 39.3 Å². The van der Waals surface area contributed by atoms with Crippen molar-refractivity contribution in [2.45, 2.75) is 56.5 Å². The van der Waals surface area contributed by atoms with Gasteiger partial charge in [-0.2, -0.15) is 13.2 Å². The normalized spacial score (nSPS) is 28.5. The van der Waals surface area contributed by atoms with Gasteiger partial charge in [0.05, 0.1) is 12.6 Å². The summed E-state index contributed by atoms with van der Waals surface area (Å²) in [4.78, 5) is 14.9. The number of ether oxygens (including phenoxy) is 1. The van der Waals surface area contributed by atoms with Crippen LogP contribution in [-0.4, -0.2) is 79.3 Å². The summed E-state index contributed by atoms with van der Waals surface area (Å²) in [5.41, 5.74) is 0.350. The summed E-state index contributed by atoms with van der Waals surface area (Å²) in [6.45, 7) is 1.95. The standard InChI is InChI=1S/C23H30F5N3O2/c24-22(25)16-30(14-17-4-2-1-3-5-17)12-6-18(22)31-13-9-21(7-10-29-11-8-21)19(15-31)33-20(32)23(26,27)28/h1-5,18-19,29H,6-16H2. The molecule has 33 heavy (non-hydrogen) atoms. The Labute approximate surface area is 190 Å². The van der Waals surface area contributed by atoms with Crippen molar-refractivity contribution in [3.05, 3.63) is 35.9 Å². The molecule has 184 valence electrons. The van der Waals surface area contributed by atoms with E-state index in [0.29, 0.717) is 52.0 Å². The molecule has 3 aliphatic rings. The lowest BCUT2D eigenvalue weighted by atomic mass is 9.69. The van der Waals surface area contributed by atoms with Gasteiger partial charge in [-0.15, -0.1) is 0 Å². The summed E-state index contributed by atoms with van der Waals surface area (Å²) in [5, 5.41) is 3.17. The van der Waals surface area contributed by atoms with Crippen molar-refractivity contribution in [3.63, 3.8) is 0 Å². The third-order valence-corrected chi connectivity index (χ3v) is 7.39. The van der Waals surface area contributed by atoms with Crippen molar-refractivity contribution < 1.29 is 31.5 Å². The van der Waals surface area contributed by atoms with E-state index in [-0.39, 0.29) is 13.0 Å². The molecule has 2 unspecified atom stereocenters. The number of alkyl halides is 5. The number of hydrogen-bond acceptors (Lipinski definition) is 5. The van der Waals surface area contributed by atoms with Gasteiger partial charge >= 0.3 is 12.1 Å². The molecule has 3 fully saturated rings. The highest BCUT2D eigenvalue weighted by Gasteiger charge is 2.54. The van der Waals surface area contributed by atoms with Gasteiger partial charge in [0.2, 0.25) is 0 Å². The average Bonchev–Trinajstić information content (AvgIpc) is 2.76. The Morgan fingerprint density at radius 2 is 1.79 bits per heavy atom. The predicted octanol–water partition coefficient (Wildman–Crippen LogP) is 3.45. The van der Waals surface area contributed by atoms with Gasteiger partial charge in [-0.3, -0.25) is 9.80 Å². The number of nitrogens with one attached hydrogen (secondary N) is 1. The summed E-state index contributed by atoms with van der Waals surface area (Å²) in [5.74, 6) is -5.26. The number of carbonyl (C=O) groups is 1. The van der Waals surface area contributed by atoms with Gasteiger partial charge in [0.25, 0.3) is 5.92 Å². The van der Waals surface area contributed by atoms with E-state index in [9.17, 15) is 18.0 Å². The average molecular weight is 476 g/mol. The zero-order valence-electron chi connectivity index (χ0n) is 18.4. The van der Waals surface area contributed by atoms with E-state index in [1.54, 1.807) is 9.80 Å². The van der Waals surface area contributed by atoms with E-state index in [1.165, 1.54) is 0 Å². The van der Waals surface area contributed by atoms with Gasteiger partial charge < -0.3 is 10.1 Å². The first-order valence-electron chi connectivity index (χ1n) is 11.5. The summed E-state index contributed by atoms with van der Waals surface area (Å²) in [7, 11) is 0. The molecule has 1 spiro atoms. The first kappa shape index (κ1) is 24.3. The van der Waals surface area contributed by atoms with Gasteiger partial charge in [-0.05, 0) is 50.9 Å². The first-order valence-corrected chi connectivity index (χ1v) is 11.5. The minimum absolute atomic E-state index is 0.0965. The van der Waals surface area contributed by atoms with Crippen LogP contribution in [-0.2, 0) is 16.1 Å². The molecule has 5 nitrogen and oxygen atoms in total. The van der Waals surface area contributed by atoms with Crippen LogP contribution < -0.4 is 5.32 Å². The van der Waals surface area contributed by atoms with Crippen LogP contribution in [0.3, 0.4) is 0 Å². The molecular weight excluding hydrogens is 445 g/mol. The third-order valence-electron chi connectivity index (χ3n) is 7.39. The Hall–Kier alpha value is -1.78. The molecule has 0 aromatic heterocycles. The summed E-state index contributed by atoms with van der Waals surface area (Å²) in [6, 6.07) is 8.31. The summed E-state index contributed by atoms with van der Waals surface area (Å²) in [6.07, 6.45) is -4.41. The second-order valence-electron chi connectivity index (χ2n) is 9.51. The summed E-state index contributed by atoms with van der Waals surface area (Å²) < 4.78 is 74.2. The van der Waals surface area contributed by atoms with Gasteiger partial charge in [0, 0.05) is 25.0 Å². The number of benzene rings is 1. The highest BCUT2D eigenvalue weighted by atomic mass is 19.4. The van der Waals surface area contributed by atoms with Crippen LogP contribution in [0.15, 0.2) is 30.3 Å². The molecule has 1 N–H and O–H groups in total. The monoisotopic (exact) mass is 475 g/mol. The Morgan fingerprint density at radius 3 is 2.42 bits per heavy atom. The Balaban J connectivity index is 1.45. The molecule has 10 heteroatoms. The van der Waals surface area contributed by atoms with E-state index in [0.717, 1.165) is 5.56 Å². The minimum atomic E-state index is -5.11. The minimum Gasteiger partial charge on any atom is -0.454 e. The fraction of sp³-hybridized carbons (Fsp3) is 0.696. The van der Waals surface area contributed by atoms with Crippen LogP contribution in [0.5, 0.6) is 0 Å². The number of carbonyl (C=O) groups excluding carboxylic acids is 1. The predicted molar refractivity (Wildman–Crippen MR) is 112 cm³/mol. The van der Waals surface area contributed by atoms with Crippen molar-refractivity contribution >= 4 is 5.97 Å². The molecule has 4 rings (SSSR count). The molecule has 0 saturated carbocycles. The molecule has 0 radical (unpaired) electrons. The topological polar surface area (TPSA) is 44.8 Å². The van der Waals surface area contributed by atoms with Crippen molar-refractivity contribution in [3.8, 4) is 0 Å². The smallest absolute Gasteiger partial charge is 0.454 e.